The monoisotopic (exact) mass is 526 g/mol. The third kappa shape index (κ3) is 5.23. The zero-order valence-corrected chi connectivity index (χ0v) is 20.3. The molecule has 0 bridgehead atoms. The molecule has 30 heavy (non-hydrogen) atoms. The number of amides is 2. The molecule has 1 fully saturated rings. The number of benzene rings is 1. The molecule has 0 atom stereocenters. The van der Waals surface area contributed by atoms with Crippen LogP contribution in [0.1, 0.15) is 35.5 Å². The van der Waals surface area contributed by atoms with E-state index in [0.717, 1.165) is 33.2 Å². The number of nitrogens with one attached hydrogen (secondary N) is 1. The zero-order valence-electron chi connectivity index (χ0n) is 16.3. The summed E-state index contributed by atoms with van der Waals surface area (Å²) in [6.07, 6.45) is 2.59. The lowest BCUT2D eigenvalue weighted by molar-refractivity contribution is -0.123. The van der Waals surface area contributed by atoms with Crippen LogP contribution >= 0.6 is 51.2 Å². The highest BCUT2D eigenvalue weighted by atomic mass is 79.9. The summed E-state index contributed by atoms with van der Waals surface area (Å²) in [4.78, 5) is 26.0. The number of carbonyl (C=O) groups excluding carboxylic acids is 2. The van der Waals surface area contributed by atoms with Crippen LogP contribution in [0.3, 0.4) is 0 Å². The van der Waals surface area contributed by atoms with Crippen molar-refractivity contribution in [2.24, 2.45) is 0 Å². The molecule has 1 aromatic carbocycles. The Morgan fingerprint density at radius 1 is 1.33 bits per heavy atom. The highest BCUT2D eigenvalue weighted by molar-refractivity contribution is 9.10. The van der Waals surface area contributed by atoms with Crippen molar-refractivity contribution in [1.29, 1.82) is 0 Å². The van der Waals surface area contributed by atoms with E-state index < -0.39 is 0 Å². The number of ether oxygens (including phenoxy) is 2. The predicted octanol–water partition coefficient (Wildman–Crippen LogP) is 5.24. The van der Waals surface area contributed by atoms with Gasteiger partial charge in [-0.1, -0.05) is 24.8 Å². The van der Waals surface area contributed by atoms with Crippen molar-refractivity contribution in [1.82, 2.24) is 10.4 Å². The van der Waals surface area contributed by atoms with Gasteiger partial charge in [0.2, 0.25) is 0 Å². The van der Waals surface area contributed by atoms with E-state index in [1.54, 1.807) is 23.6 Å². The van der Waals surface area contributed by atoms with Crippen LogP contribution in [0.15, 0.2) is 39.0 Å². The molecule has 158 valence electrons. The molecule has 6 nitrogen and oxygen atoms in total. The molecule has 1 aliphatic heterocycles. The lowest BCUT2D eigenvalue weighted by Gasteiger charge is -2.15. The van der Waals surface area contributed by atoms with Crippen LogP contribution in [0.25, 0.3) is 6.08 Å². The molecule has 0 unspecified atom stereocenters. The molecule has 1 N–H and O–H groups in total. The van der Waals surface area contributed by atoms with E-state index in [9.17, 15) is 9.59 Å². The third-order valence-electron chi connectivity index (χ3n) is 3.83. The lowest BCUT2D eigenvalue weighted by atomic mass is 10.2. The maximum Gasteiger partial charge on any atom is 0.285 e. The molecule has 2 heterocycles. The number of carbonyl (C=O) groups is 2. The fourth-order valence-corrected chi connectivity index (χ4v) is 4.93. The van der Waals surface area contributed by atoms with Gasteiger partial charge in [0, 0.05) is 0 Å². The summed E-state index contributed by atoms with van der Waals surface area (Å²) in [7, 11) is 0. The van der Waals surface area contributed by atoms with Crippen LogP contribution in [0.2, 0.25) is 0 Å². The Labute approximate surface area is 196 Å². The highest BCUT2D eigenvalue weighted by Gasteiger charge is 2.34. The summed E-state index contributed by atoms with van der Waals surface area (Å²) >= 11 is 11.2. The molecular formula is C20H19BrN2O4S3. The number of hydrogen-bond acceptors (Lipinski definition) is 7. The number of thiocarbonyl (C=S) groups is 1. The fourth-order valence-electron chi connectivity index (χ4n) is 2.56. The number of thioether (sulfide) groups is 1. The van der Waals surface area contributed by atoms with Crippen LogP contribution in [-0.2, 0) is 4.79 Å². The molecule has 1 saturated heterocycles. The van der Waals surface area contributed by atoms with Gasteiger partial charge in [-0.15, -0.1) is 11.3 Å². The Kier molecular flexibility index (Phi) is 7.93. The molecule has 0 radical (unpaired) electrons. The Morgan fingerprint density at radius 2 is 2.13 bits per heavy atom. The number of nitrogens with zero attached hydrogens (tertiary/aromatic N) is 1. The first kappa shape index (κ1) is 22.8. The third-order valence-corrected chi connectivity index (χ3v) is 6.59. The van der Waals surface area contributed by atoms with Gasteiger partial charge in [0.05, 0.1) is 27.5 Å². The Morgan fingerprint density at radius 3 is 2.80 bits per heavy atom. The second-order valence-electron chi connectivity index (χ2n) is 6.05. The summed E-state index contributed by atoms with van der Waals surface area (Å²) < 4.78 is 12.5. The molecule has 2 aromatic rings. The first-order valence-corrected chi connectivity index (χ1v) is 12.1. The van der Waals surface area contributed by atoms with Crippen molar-refractivity contribution in [3.8, 4) is 11.5 Å². The van der Waals surface area contributed by atoms with E-state index in [2.05, 4.69) is 21.4 Å². The zero-order chi connectivity index (χ0) is 21.7. The second kappa shape index (κ2) is 10.4. The molecule has 1 aromatic heterocycles. The predicted molar refractivity (Wildman–Crippen MR) is 128 cm³/mol. The average molecular weight is 527 g/mol. The normalized spacial score (nSPS) is 15.0. The van der Waals surface area contributed by atoms with Crippen molar-refractivity contribution in [2.45, 2.75) is 20.3 Å². The number of rotatable bonds is 8. The van der Waals surface area contributed by atoms with Gasteiger partial charge < -0.3 is 9.47 Å². The van der Waals surface area contributed by atoms with E-state index in [-0.39, 0.29) is 16.1 Å². The van der Waals surface area contributed by atoms with Crippen molar-refractivity contribution >= 4 is 73.5 Å². The fraction of sp³-hybridized carbons (Fsp3) is 0.250. The lowest BCUT2D eigenvalue weighted by Crippen LogP contribution is -2.44. The summed E-state index contributed by atoms with van der Waals surface area (Å²) in [5.74, 6) is 0.469. The maximum atomic E-state index is 12.8. The van der Waals surface area contributed by atoms with E-state index in [1.165, 1.54) is 11.3 Å². The van der Waals surface area contributed by atoms with E-state index in [1.807, 2.05) is 26.0 Å². The standard InChI is InChI=1S/C20H19BrN2O4S3/c1-3-7-27-17-13(21)9-12(10-14(17)26-4-2)11-16-19(25)23(20(28)30-16)22-18(24)15-6-5-8-29-15/h5-6,8-11H,3-4,7H2,1-2H3,(H,22,24)/b16-11-. The Hall–Kier alpha value is -1.88. The van der Waals surface area contributed by atoms with Crippen molar-refractivity contribution in [3.63, 3.8) is 0 Å². The van der Waals surface area contributed by atoms with Gasteiger partial charge in [-0.2, -0.15) is 5.01 Å². The van der Waals surface area contributed by atoms with Crippen molar-refractivity contribution in [2.75, 3.05) is 13.2 Å². The quantitative estimate of drug-likeness (QED) is 0.374. The van der Waals surface area contributed by atoms with Gasteiger partial charge in [0.25, 0.3) is 11.8 Å². The summed E-state index contributed by atoms with van der Waals surface area (Å²) in [6.45, 7) is 4.98. The molecule has 0 aliphatic carbocycles. The topological polar surface area (TPSA) is 67.9 Å². The van der Waals surface area contributed by atoms with Gasteiger partial charge in [-0.05, 0) is 76.7 Å². The number of halogens is 1. The molecule has 10 heteroatoms. The molecule has 2 amide bonds. The minimum Gasteiger partial charge on any atom is -0.490 e. The summed E-state index contributed by atoms with van der Waals surface area (Å²) in [6, 6.07) is 7.12. The summed E-state index contributed by atoms with van der Waals surface area (Å²) in [5.41, 5.74) is 3.32. The van der Waals surface area contributed by atoms with Gasteiger partial charge in [0.15, 0.2) is 15.8 Å². The Balaban J connectivity index is 1.83. The van der Waals surface area contributed by atoms with Crippen molar-refractivity contribution < 1.29 is 19.1 Å². The van der Waals surface area contributed by atoms with Crippen molar-refractivity contribution in [3.05, 3.63) is 49.5 Å². The maximum absolute atomic E-state index is 12.8. The van der Waals surface area contributed by atoms with Crippen LogP contribution in [-0.4, -0.2) is 34.4 Å². The molecule has 0 spiro atoms. The first-order valence-electron chi connectivity index (χ1n) is 9.16. The minimum absolute atomic E-state index is 0.267. The van der Waals surface area contributed by atoms with Gasteiger partial charge >= 0.3 is 0 Å². The van der Waals surface area contributed by atoms with Crippen LogP contribution in [0, 0.1) is 0 Å². The van der Waals surface area contributed by atoms with E-state index >= 15 is 0 Å². The second-order valence-corrected chi connectivity index (χ2v) is 9.52. The van der Waals surface area contributed by atoms with Crippen LogP contribution in [0.4, 0.5) is 0 Å². The average Bonchev–Trinajstić information content (AvgIpc) is 3.33. The molecule has 0 saturated carbocycles. The molecule has 3 rings (SSSR count). The SMILES string of the molecule is CCCOc1c(Br)cc(/C=C2\SC(=S)N(NC(=O)c3cccs3)C2=O)cc1OCC. The van der Waals surface area contributed by atoms with E-state index in [0.29, 0.717) is 34.5 Å². The number of hydrogen-bond donors (Lipinski definition) is 1. The number of thiophene rings is 1. The highest BCUT2D eigenvalue weighted by Crippen LogP contribution is 2.39. The van der Waals surface area contributed by atoms with Crippen LogP contribution < -0.4 is 14.9 Å². The summed E-state index contributed by atoms with van der Waals surface area (Å²) in [5, 5.41) is 2.89. The number of hydrazine groups is 1. The van der Waals surface area contributed by atoms with Crippen LogP contribution in [0.5, 0.6) is 11.5 Å². The molecule has 1 aliphatic rings. The van der Waals surface area contributed by atoms with E-state index in [4.69, 9.17) is 21.7 Å². The Bertz CT molecular complexity index is 992. The smallest absolute Gasteiger partial charge is 0.285 e. The minimum atomic E-state index is -0.379. The van der Waals surface area contributed by atoms with Gasteiger partial charge in [-0.3, -0.25) is 15.0 Å². The molecular weight excluding hydrogens is 508 g/mol. The first-order chi connectivity index (χ1) is 14.4. The largest absolute Gasteiger partial charge is 0.490 e. The van der Waals surface area contributed by atoms with Gasteiger partial charge in [-0.25, -0.2) is 0 Å². The van der Waals surface area contributed by atoms with Gasteiger partial charge in [0.1, 0.15) is 0 Å².